The van der Waals surface area contributed by atoms with E-state index in [9.17, 15) is 9.59 Å². The van der Waals surface area contributed by atoms with Gasteiger partial charge in [-0.05, 0) is 62.8 Å². The zero-order chi connectivity index (χ0) is 17.1. The number of nitrogens with zero attached hydrogens (tertiary/aromatic N) is 1. The molecule has 2 saturated heterocycles. The molecule has 4 nitrogen and oxygen atoms in total. The molecule has 0 bridgehead atoms. The molecule has 2 aliphatic heterocycles. The first-order valence-electron chi connectivity index (χ1n) is 8.51. The average Bonchev–Trinajstić information content (AvgIpc) is 2.79. The lowest BCUT2D eigenvalue weighted by Gasteiger charge is -2.41. The first kappa shape index (κ1) is 15.8. The molecule has 2 fully saturated rings. The Balaban J connectivity index is 1.49. The van der Waals surface area contributed by atoms with E-state index in [-0.39, 0.29) is 21.9 Å². The molecule has 24 heavy (non-hydrogen) atoms. The quantitative estimate of drug-likeness (QED) is 0.841. The number of hydrogen-bond acceptors (Lipinski definition) is 3. The Morgan fingerprint density at radius 2 is 2.00 bits per heavy atom. The second kappa shape index (κ2) is 5.38. The van der Waals surface area contributed by atoms with Crippen molar-refractivity contribution >= 4 is 23.6 Å². The van der Waals surface area contributed by atoms with Crippen LogP contribution >= 0.6 is 11.8 Å². The summed E-state index contributed by atoms with van der Waals surface area (Å²) >= 11 is 1.69. The van der Waals surface area contributed by atoms with Gasteiger partial charge in [-0.2, -0.15) is 0 Å². The van der Waals surface area contributed by atoms with Crippen LogP contribution in [0.1, 0.15) is 48.2 Å². The molecule has 1 aromatic rings. The van der Waals surface area contributed by atoms with E-state index < -0.39 is 6.04 Å². The summed E-state index contributed by atoms with van der Waals surface area (Å²) in [4.78, 5) is 26.7. The highest BCUT2D eigenvalue weighted by Gasteiger charge is 2.58. The Labute approximate surface area is 146 Å². The number of aryl methyl sites for hydroxylation is 2. The summed E-state index contributed by atoms with van der Waals surface area (Å²) in [6, 6.07) is 5.49. The van der Waals surface area contributed by atoms with Crippen LogP contribution in [0.4, 0.5) is 0 Å². The first-order chi connectivity index (χ1) is 11.4. The number of hydrogen-bond donors (Lipinski definition) is 1. The fraction of sp³-hybridized carbons (Fsp3) is 0.474. The summed E-state index contributed by atoms with van der Waals surface area (Å²) in [6.45, 7) is 8.16. The Morgan fingerprint density at radius 3 is 2.75 bits per heavy atom. The predicted molar refractivity (Wildman–Crippen MR) is 95.8 cm³/mol. The van der Waals surface area contributed by atoms with Crippen molar-refractivity contribution in [3.63, 3.8) is 0 Å². The van der Waals surface area contributed by atoms with Crippen molar-refractivity contribution in [2.45, 2.75) is 55.7 Å². The standard InChI is InChI=1S/C19H22N2O2S/c1-11-19(2,3)24-18-15(17(23)21(11)18)20-16(22)14-9-8-12-6-4-5-7-13(12)10-14/h8-10,15,18H,1,4-7H2,2-3H3,(H,20,22)/t15-,18-/m1/s1. The molecule has 2 heterocycles. The van der Waals surface area contributed by atoms with E-state index in [1.165, 1.54) is 24.0 Å². The van der Waals surface area contributed by atoms with E-state index in [4.69, 9.17) is 0 Å². The van der Waals surface area contributed by atoms with Gasteiger partial charge in [0.15, 0.2) is 0 Å². The van der Waals surface area contributed by atoms with Crippen LogP contribution in [-0.4, -0.2) is 32.9 Å². The van der Waals surface area contributed by atoms with Crippen molar-refractivity contribution in [2.24, 2.45) is 0 Å². The topological polar surface area (TPSA) is 49.4 Å². The average molecular weight is 342 g/mol. The number of carbonyl (C=O) groups is 2. The zero-order valence-electron chi connectivity index (χ0n) is 14.1. The number of carbonyl (C=O) groups excluding carboxylic acids is 2. The molecule has 0 radical (unpaired) electrons. The number of fused-ring (bicyclic) bond motifs is 2. The van der Waals surface area contributed by atoms with Gasteiger partial charge in [0.2, 0.25) is 0 Å². The van der Waals surface area contributed by atoms with Gasteiger partial charge >= 0.3 is 0 Å². The third kappa shape index (κ3) is 2.29. The number of amides is 2. The second-order valence-electron chi connectivity index (χ2n) is 7.32. The van der Waals surface area contributed by atoms with E-state index >= 15 is 0 Å². The number of benzene rings is 1. The van der Waals surface area contributed by atoms with Gasteiger partial charge in [0, 0.05) is 11.3 Å². The van der Waals surface area contributed by atoms with E-state index in [0.29, 0.717) is 5.56 Å². The van der Waals surface area contributed by atoms with Crippen LogP contribution in [0.25, 0.3) is 0 Å². The van der Waals surface area contributed by atoms with Crippen molar-refractivity contribution in [3.8, 4) is 0 Å². The van der Waals surface area contributed by atoms with Gasteiger partial charge < -0.3 is 5.32 Å². The molecular formula is C19H22N2O2S. The Hall–Kier alpha value is -1.75. The SMILES string of the molecule is C=C1N2C(=O)[C@@H](NC(=O)c3ccc4c(c3)CCCC4)[C@H]2SC1(C)C. The summed E-state index contributed by atoms with van der Waals surface area (Å²) in [7, 11) is 0. The molecule has 2 atom stereocenters. The van der Waals surface area contributed by atoms with Gasteiger partial charge in [-0.3, -0.25) is 14.5 Å². The van der Waals surface area contributed by atoms with E-state index in [1.807, 2.05) is 12.1 Å². The molecule has 4 rings (SSSR count). The predicted octanol–water partition coefficient (Wildman–Crippen LogP) is 2.87. The number of thioether (sulfide) groups is 1. The minimum Gasteiger partial charge on any atom is -0.338 e. The molecule has 0 saturated carbocycles. The molecule has 1 aliphatic carbocycles. The van der Waals surface area contributed by atoms with Crippen LogP contribution in [-0.2, 0) is 17.6 Å². The minimum absolute atomic E-state index is 0.0263. The lowest BCUT2D eigenvalue weighted by Crippen LogP contribution is -2.66. The molecule has 1 aromatic carbocycles. The fourth-order valence-electron chi connectivity index (χ4n) is 3.76. The summed E-state index contributed by atoms with van der Waals surface area (Å²) in [5.41, 5.74) is 4.12. The monoisotopic (exact) mass is 342 g/mol. The maximum Gasteiger partial charge on any atom is 0.253 e. The van der Waals surface area contributed by atoms with Crippen LogP contribution in [0, 0.1) is 0 Å². The molecular weight excluding hydrogens is 320 g/mol. The van der Waals surface area contributed by atoms with Crippen LogP contribution in [0.3, 0.4) is 0 Å². The van der Waals surface area contributed by atoms with Crippen LogP contribution in [0.5, 0.6) is 0 Å². The fourth-order valence-corrected chi connectivity index (χ4v) is 5.26. The third-order valence-electron chi connectivity index (χ3n) is 5.34. The molecule has 3 aliphatic rings. The molecule has 2 amide bonds. The van der Waals surface area contributed by atoms with Crippen molar-refractivity contribution in [1.82, 2.24) is 10.2 Å². The Kier molecular flexibility index (Phi) is 3.53. The van der Waals surface area contributed by atoms with Crippen molar-refractivity contribution < 1.29 is 9.59 Å². The van der Waals surface area contributed by atoms with Crippen LogP contribution < -0.4 is 5.32 Å². The highest BCUT2D eigenvalue weighted by Crippen LogP contribution is 2.52. The van der Waals surface area contributed by atoms with Crippen molar-refractivity contribution in [3.05, 3.63) is 47.2 Å². The van der Waals surface area contributed by atoms with Gasteiger partial charge in [-0.15, -0.1) is 11.8 Å². The summed E-state index contributed by atoms with van der Waals surface area (Å²) in [6.07, 6.45) is 4.55. The van der Waals surface area contributed by atoms with E-state index in [2.05, 4.69) is 31.8 Å². The van der Waals surface area contributed by atoms with Crippen molar-refractivity contribution in [1.29, 1.82) is 0 Å². The van der Waals surface area contributed by atoms with Gasteiger partial charge in [-0.25, -0.2) is 0 Å². The van der Waals surface area contributed by atoms with Gasteiger partial charge in [-0.1, -0.05) is 12.6 Å². The molecule has 0 aromatic heterocycles. The van der Waals surface area contributed by atoms with Crippen LogP contribution in [0.15, 0.2) is 30.5 Å². The maximum absolute atomic E-state index is 12.6. The van der Waals surface area contributed by atoms with Gasteiger partial charge in [0.1, 0.15) is 11.4 Å². The van der Waals surface area contributed by atoms with Gasteiger partial charge in [0.05, 0.1) is 4.75 Å². The largest absolute Gasteiger partial charge is 0.338 e. The Morgan fingerprint density at radius 1 is 1.29 bits per heavy atom. The lowest BCUT2D eigenvalue weighted by molar-refractivity contribution is -0.141. The molecule has 126 valence electrons. The zero-order valence-corrected chi connectivity index (χ0v) is 14.9. The molecule has 5 heteroatoms. The lowest BCUT2D eigenvalue weighted by atomic mass is 9.90. The normalized spacial score (nSPS) is 27.3. The highest BCUT2D eigenvalue weighted by atomic mass is 32.2. The molecule has 0 spiro atoms. The number of β-lactam (4-membered cyclic amide) rings is 1. The molecule has 1 N–H and O–H groups in total. The smallest absolute Gasteiger partial charge is 0.253 e. The summed E-state index contributed by atoms with van der Waals surface area (Å²) in [5.74, 6) is -0.202. The minimum atomic E-state index is -0.447. The van der Waals surface area contributed by atoms with Crippen molar-refractivity contribution in [2.75, 3.05) is 0 Å². The Bertz CT molecular complexity index is 756. The summed E-state index contributed by atoms with van der Waals surface area (Å²) < 4.78 is -0.161. The van der Waals surface area contributed by atoms with E-state index in [1.54, 1.807) is 16.7 Å². The number of rotatable bonds is 2. The van der Waals surface area contributed by atoms with Gasteiger partial charge in [0.25, 0.3) is 11.8 Å². The first-order valence-corrected chi connectivity index (χ1v) is 9.39. The second-order valence-corrected chi connectivity index (χ2v) is 9.05. The number of nitrogens with one attached hydrogen (secondary N) is 1. The maximum atomic E-state index is 12.6. The summed E-state index contributed by atoms with van der Waals surface area (Å²) in [5, 5.41) is 2.90. The molecule has 0 unspecified atom stereocenters. The van der Waals surface area contributed by atoms with E-state index in [0.717, 1.165) is 18.5 Å². The van der Waals surface area contributed by atoms with Crippen LogP contribution in [0.2, 0.25) is 0 Å². The third-order valence-corrected chi connectivity index (χ3v) is 6.89. The highest BCUT2D eigenvalue weighted by molar-refractivity contribution is 8.01.